The van der Waals surface area contributed by atoms with Gasteiger partial charge in [0.25, 0.3) is 0 Å². The standard InChI is InChI=1S/C22H22ClN7O3/c1-32-21(31)17-11-16(3-4-19(17)29-7-9-33-10-8-29)27-22-25-13-18(23)20(28-22)15-12-26-30(14-15)6-2-5-24/h3-4,11-14H,2,6-10H2,1H3,(H,25,27,28). The van der Waals surface area contributed by atoms with Crippen molar-refractivity contribution in [3.05, 3.63) is 47.4 Å². The van der Waals surface area contributed by atoms with Crippen LogP contribution >= 0.6 is 11.6 Å². The fourth-order valence-corrected chi connectivity index (χ4v) is 3.70. The molecule has 1 aliphatic heterocycles. The third-order valence-corrected chi connectivity index (χ3v) is 5.39. The van der Waals surface area contributed by atoms with Gasteiger partial charge in [0.2, 0.25) is 5.95 Å². The van der Waals surface area contributed by atoms with Gasteiger partial charge in [-0.2, -0.15) is 10.4 Å². The van der Waals surface area contributed by atoms with Crippen LogP contribution in [0, 0.1) is 11.3 Å². The first-order valence-corrected chi connectivity index (χ1v) is 10.7. The number of anilines is 3. The molecule has 1 aliphatic rings. The minimum absolute atomic E-state index is 0.314. The average molecular weight is 468 g/mol. The molecule has 1 saturated heterocycles. The number of halogens is 1. The lowest BCUT2D eigenvalue weighted by Crippen LogP contribution is -2.37. The van der Waals surface area contributed by atoms with E-state index in [9.17, 15) is 4.79 Å². The SMILES string of the molecule is COC(=O)c1cc(Nc2ncc(Cl)c(-c3cnn(CCC#N)c3)n2)ccc1N1CCOCC1. The van der Waals surface area contributed by atoms with Crippen molar-refractivity contribution in [1.29, 1.82) is 5.26 Å². The zero-order chi connectivity index (χ0) is 23.2. The number of methoxy groups -OCH3 is 1. The summed E-state index contributed by atoms with van der Waals surface area (Å²) < 4.78 is 12.1. The molecular formula is C22H22ClN7O3. The summed E-state index contributed by atoms with van der Waals surface area (Å²) in [6.45, 7) is 3.09. The quantitative estimate of drug-likeness (QED) is 0.522. The third-order valence-electron chi connectivity index (χ3n) is 5.11. The topological polar surface area (TPSA) is 118 Å². The molecule has 0 saturated carbocycles. The molecular weight excluding hydrogens is 446 g/mol. The number of carbonyl (C=O) groups is 1. The zero-order valence-electron chi connectivity index (χ0n) is 18.0. The molecule has 0 bridgehead atoms. The normalized spacial score (nSPS) is 13.4. The van der Waals surface area contributed by atoms with Crippen molar-refractivity contribution in [1.82, 2.24) is 19.7 Å². The summed E-state index contributed by atoms with van der Waals surface area (Å²) in [5.41, 5.74) is 3.08. The molecule has 0 amide bonds. The lowest BCUT2D eigenvalue weighted by molar-refractivity contribution is 0.0600. The van der Waals surface area contributed by atoms with Gasteiger partial charge >= 0.3 is 5.97 Å². The zero-order valence-corrected chi connectivity index (χ0v) is 18.7. The van der Waals surface area contributed by atoms with Crippen molar-refractivity contribution in [2.75, 3.05) is 43.6 Å². The van der Waals surface area contributed by atoms with E-state index < -0.39 is 5.97 Å². The number of aryl methyl sites for hydroxylation is 1. The smallest absolute Gasteiger partial charge is 0.340 e. The molecule has 0 radical (unpaired) electrons. The van der Waals surface area contributed by atoms with Gasteiger partial charge in [0.15, 0.2) is 0 Å². The molecule has 1 aromatic carbocycles. The highest BCUT2D eigenvalue weighted by Gasteiger charge is 2.20. The van der Waals surface area contributed by atoms with Gasteiger partial charge < -0.3 is 19.7 Å². The Hall–Kier alpha value is -3.68. The predicted octanol–water partition coefficient (Wildman–Crippen LogP) is 3.27. The third kappa shape index (κ3) is 5.22. The number of morpholine rings is 1. The molecule has 0 spiro atoms. The number of hydrogen-bond donors (Lipinski definition) is 1. The number of esters is 1. The molecule has 33 heavy (non-hydrogen) atoms. The molecule has 3 aromatic rings. The largest absolute Gasteiger partial charge is 0.465 e. The number of benzene rings is 1. The molecule has 1 fully saturated rings. The Kier molecular flexibility index (Phi) is 7.02. The van der Waals surface area contributed by atoms with Crippen LogP contribution in [0.15, 0.2) is 36.8 Å². The molecule has 2 aromatic heterocycles. The first kappa shape index (κ1) is 22.5. The lowest BCUT2D eigenvalue weighted by Gasteiger charge is -2.30. The number of nitrogens with zero attached hydrogens (tertiary/aromatic N) is 6. The summed E-state index contributed by atoms with van der Waals surface area (Å²) in [6.07, 6.45) is 5.28. The molecule has 3 heterocycles. The summed E-state index contributed by atoms with van der Waals surface area (Å²) >= 11 is 6.32. The summed E-state index contributed by atoms with van der Waals surface area (Å²) in [7, 11) is 1.36. The van der Waals surface area contributed by atoms with E-state index in [1.165, 1.54) is 13.3 Å². The summed E-state index contributed by atoms with van der Waals surface area (Å²) in [5, 5.41) is 16.5. The van der Waals surface area contributed by atoms with Crippen molar-refractivity contribution in [2.24, 2.45) is 0 Å². The monoisotopic (exact) mass is 467 g/mol. The second-order valence-corrected chi connectivity index (χ2v) is 7.65. The summed E-state index contributed by atoms with van der Waals surface area (Å²) in [5.74, 6) is -0.114. The first-order valence-electron chi connectivity index (χ1n) is 10.3. The molecule has 1 N–H and O–H groups in total. The Morgan fingerprint density at radius 3 is 2.91 bits per heavy atom. The second kappa shape index (κ2) is 10.3. The van der Waals surface area contributed by atoms with Gasteiger partial charge in [-0.3, -0.25) is 4.68 Å². The van der Waals surface area contributed by atoms with Crippen molar-refractivity contribution in [3.8, 4) is 17.3 Å². The summed E-state index contributed by atoms with van der Waals surface area (Å²) in [4.78, 5) is 23.3. The Morgan fingerprint density at radius 2 is 2.15 bits per heavy atom. The molecule has 0 aliphatic carbocycles. The molecule has 0 unspecified atom stereocenters. The minimum atomic E-state index is -0.428. The van der Waals surface area contributed by atoms with E-state index in [2.05, 4.69) is 31.4 Å². The van der Waals surface area contributed by atoms with Crippen molar-refractivity contribution >= 4 is 34.9 Å². The van der Waals surface area contributed by atoms with Gasteiger partial charge in [-0.15, -0.1) is 0 Å². The molecule has 4 rings (SSSR count). The van der Waals surface area contributed by atoms with Crippen LogP contribution in [0.4, 0.5) is 17.3 Å². The van der Waals surface area contributed by atoms with E-state index in [-0.39, 0.29) is 0 Å². The van der Waals surface area contributed by atoms with Crippen molar-refractivity contribution in [3.63, 3.8) is 0 Å². The van der Waals surface area contributed by atoms with Gasteiger partial charge in [-0.1, -0.05) is 11.6 Å². The second-order valence-electron chi connectivity index (χ2n) is 7.24. The highest BCUT2D eigenvalue weighted by atomic mass is 35.5. The Morgan fingerprint density at radius 1 is 1.33 bits per heavy atom. The Labute approximate surface area is 195 Å². The maximum absolute atomic E-state index is 12.5. The van der Waals surface area contributed by atoms with Crippen LogP contribution in [-0.2, 0) is 16.0 Å². The Balaban J connectivity index is 1.59. The number of nitrogens with one attached hydrogen (secondary N) is 1. The maximum atomic E-state index is 12.5. The fourth-order valence-electron chi connectivity index (χ4n) is 3.50. The number of carbonyl (C=O) groups excluding carboxylic acids is 1. The van der Waals surface area contributed by atoms with E-state index in [4.69, 9.17) is 26.3 Å². The molecule has 0 atom stereocenters. The minimum Gasteiger partial charge on any atom is -0.465 e. The maximum Gasteiger partial charge on any atom is 0.340 e. The van der Waals surface area contributed by atoms with Crippen LogP contribution in [-0.4, -0.2) is 59.1 Å². The lowest BCUT2D eigenvalue weighted by atomic mass is 10.1. The van der Waals surface area contributed by atoms with Crippen LogP contribution in [0.25, 0.3) is 11.3 Å². The van der Waals surface area contributed by atoms with Gasteiger partial charge in [0.1, 0.15) is 0 Å². The van der Waals surface area contributed by atoms with E-state index in [1.807, 2.05) is 12.1 Å². The van der Waals surface area contributed by atoms with Crippen LogP contribution < -0.4 is 10.2 Å². The Bertz CT molecular complexity index is 1180. The average Bonchev–Trinajstić information content (AvgIpc) is 3.32. The summed E-state index contributed by atoms with van der Waals surface area (Å²) in [6, 6.07) is 7.53. The molecule has 170 valence electrons. The number of rotatable bonds is 7. The number of ether oxygens (including phenoxy) is 2. The predicted molar refractivity (Wildman–Crippen MR) is 123 cm³/mol. The van der Waals surface area contributed by atoms with Crippen LogP contribution in [0.2, 0.25) is 5.02 Å². The van der Waals surface area contributed by atoms with Crippen molar-refractivity contribution < 1.29 is 14.3 Å². The van der Waals surface area contributed by atoms with E-state index in [0.717, 1.165) is 5.69 Å². The van der Waals surface area contributed by atoms with E-state index in [0.29, 0.717) is 72.7 Å². The van der Waals surface area contributed by atoms with Gasteiger partial charge in [-0.05, 0) is 18.2 Å². The number of nitriles is 1. The van der Waals surface area contributed by atoms with Crippen LogP contribution in [0.3, 0.4) is 0 Å². The van der Waals surface area contributed by atoms with E-state index in [1.54, 1.807) is 23.1 Å². The highest BCUT2D eigenvalue weighted by Crippen LogP contribution is 2.29. The van der Waals surface area contributed by atoms with E-state index >= 15 is 0 Å². The highest BCUT2D eigenvalue weighted by molar-refractivity contribution is 6.32. The van der Waals surface area contributed by atoms with Gasteiger partial charge in [0.05, 0.1) is 73.7 Å². The van der Waals surface area contributed by atoms with Crippen LogP contribution in [0.5, 0.6) is 0 Å². The van der Waals surface area contributed by atoms with Gasteiger partial charge in [0, 0.05) is 30.5 Å². The fraction of sp³-hybridized carbons (Fsp3) is 0.318. The van der Waals surface area contributed by atoms with Crippen LogP contribution in [0.1, 0.15) is 16.8 Å². The first-order chi connectivity index (χ1) is 16.1. The number of hydrogen-bond acceptors (Lipinski definition) is 9. The molecule has 10 nitrogen and oxygen atoms in total. The van der Waals surface area contributed by atoms with Gasteiger partial charge in [-0.25, -0.2) is 14.8 Å². The van der Waals surface area contributed by atoms with Crippen molar-refractivity contribution in [2.45, 2.75) is 13.0 Å². The molecule has 11 heteroatoms. The number of aromatic nitrogens is 4.